The van der Waals surface area contributed by atoms with Gasteiger partial charge in [-0.2, -0.15) is 0 Å². The number of nitrogens with zero attached hydrogens (tertiary/aromatic N) is 2. The second-order valence-electron chi connectivity index (χ2n) is 5.62. The molecule has 3 rings (SSSR count). The van der Waals surface area contributed by atoms with Crippen LogP contribution in [0.3, 0.4) is 0 Å². The fraction of sp³-hybridized carbons (Fsp3) is 0.533. The topological polar surface area (TPSA) is 42.2 Å². The standard InChI is InChI=1S/C15H21N3S/c1-10-9-18(8-7-12(10)16)11(2)15-17-13-5-3-4-6-14(13)19-15/h3-6,10-12H,7-9,16H2,1-2H3. The van der Waals surface area contributed by atoms with E-state index in [2.05, 4.69) is 43.0 Å². The van der Waals surface area contributed by atoms with E-state index in [1.165, 1.54) is 9.71 Å². The van der Waals surface area contributed by atoms with Crippen molar-refractivity contribution in [3.63, 3.8) is 0 Å². The zero-order chi connectivity index (χ0) is 13.4. The fourth-order valence-electron chi connectivity index (χ4n) is 2.77. The summed E-state index contributed by atoms with van der Waals surface area (Å²) < 4.78 is 1.28. The van der Waals surface area contributed by atoms with E-state index >= 15 is 0 Å². The summed E-state index contributed by atoms with van der Waals surface area (Å²) in [4.78, 5) is 7.30. The van der Waals surface area contributed by atoms with E-state index < -0.39 is 0 Å². The van der Waals surface area contributed by atoms with Crippen LogP contribution in [-0.2, 0) is 0 Å². The Morgan fingerprint density at radius 2 is 2.21 bits per heavy atom. The van der Waals surface area contributed by atoms with Crippen molar-refractivity contribution in [2.24, 2.45) is 11.7 Å². The molecule has 0 bridgehead atoms. The Morgan fingerprint density at radius 3 is 2.95 bits per heavy atom. The number of rotatable bonds is 2. The number of nitrogens with two attached hydrogens (primary N) is 1. The van der Waals surface area contributed by atoms with Gasteiger partial charge < -0.3 is 5.73 Å². The number of hydrogen-bond donors (Lipinski definition) is 1. The minimum atomic E-state index is 0.360. The number of para-hydroxylation sites is 1. The van der Waals surface area contributed by atoms with Crippen molar-refractivity contribution >= 4 is 21.6 Å². The molecule has 19 heavy (non-hydrogen) atoms. The molecular weight excluding hydrogens is 254 g/mol. The molecule has 0 aliphatic carbocycles. The molecular formula is C15H21N3S. The van der Waals surface area contributed by atoms with Gasteiger partial charge in [0.1, 0.15) is 5.01 Å². The lowest BCUT2D eigenvalue weighted by atomic mass is 9.94. The number of piperidine rings is 1. The van der Waals surface area contributed by atoms with E-state index in [0.29, 0.717) is 18.0 Å². The Labute approximate surface area is 118 Å². The van der Waals surface area contributed by atoms with Gasteiger partial charge >= 0.3 is 0 Å². The smallest absolute Gasteiger partial charge is 0.111 e. The van der Waals surface area contributed by atoms with Crippen molar-refractivity contribution in [1.29, 1.82) is 0 Å². The van der Waals surface area contributed by atoms with Crippen molar-refractivity contribution in [3.05, 3.63) is 29.3 Å². The summed E-state index contributed by atoms with van der Waals surface area (Å²) in [7, 11) is 0. The molecule has 1 aliphatic rings. The van der Waals surface area contributed by atoms with Crippen LogP contribution in [0.4, 0.5) is 0 Å². The SMILES string of the molecule is CC1CN(C(C)c2nc3ccccc3s2)CCC1N. The van der Waals surface area contributed by atoms with Crippen molar-refractivity contribution in [2.45, 2.75) is 32.4 Å². The predicted molar refractivity (Wildman–Crippen MR) is 81.4 cm³/mol. The van der Waals surface area contributed by atoms with E-state index in [1.807, 2.05) is 11.3 Å². The zero-order valence-electron chi connectivity index (χ0n) is 11.5. The third-order valence-corrected chi connectivity index (χ3v) is 5.43. The molecule has 4 heteroatoms. The van der Waals surface area contributed by atoms with Crippen LogP contribution < -0.4 is 5.73 Å². The van der Waals surface area contributed by atoms with Crippen LogP contribution in [0, 0.1) is 5.92 Å². The normalized spacial score (nSPS) is 26.7. The highest BCUT2D eigenvalue weighted by Crippen LogP contribution is 2.31. The highest BCUT2D eigenvalue weighted by molar-refractivity contribution is 7.18. The molecule has 1 aromatic carbocycles. The van der Waals surface area contributed by atoms with E-state index in [1.54, 1.807) is 0 Å². The van der Waals surface area contributed by atoms with Crippen molar-refractivity contribution in [1.82, 2.24) is 9.88 Å². The Kier molecular flexibility index (Phi) is 3.56. The first kappa shape index (κ1) is 13.0. The van der Waals surface area contributed by atoms with Gasteiger partial charge in [0.25, 0.3) is 0 Å². The third kappa shape index (κ3) is 2.53. The minimum Gasteiger partial charge on any atom is -0.327 e. The Hall–Kier alpha value is -0.970. The Bertz CT molecular complexity index is 532. The highest BCUT2D eigenvalue weighted by atomic mass is 32.1. The maximum atomic E-state index is 6.10. The monoisotopic (exact) mass is 275 g/mol. The summed E-state index contributed by atoms with van der Waals surface area (Å²) in [5.41, 5.74) is 7.22. The van der Waals surface area contributed by atoms with Gasteiger partial charge in [-0.1, -0.05) is 19.1 Å². The van der Waals surface area contributed by atoms with Crippen molar-refractivity contribution < 1.29 is 0 Å². The van der Waals surface area contributed by atoms with E-state index in [9.17, 15) is 0 Å². The lowest BCUT2D eigenvalue weighted by Gasteiger charge is -2.37. The Morgan fingerprint density at radius 1 is 1.42 bits per heavy atom. The maximum absolute atomic E-state index is 6.10. The van der Waals surface area contributed by atoms with Gasteiger partial charge in [0.05, 0.1) is 16.3 Å². The summed E-state index contributed by atoms with van der Waals surface area (Å²) >= 11 is 1.82. The van der Waals surface area contributed by atoms with Crippen molar-refractivity contribution in [2.75, 3.05) is 13.1 Å². The number of benzene rings is 1. The Balaban J connectivity index is 1.81. The van der Waals surface area contributed by atoms with Crippen LogP contribution in [0.15, 0.2) is 24.3 Å². The molecule has 102 valence electrons. The third-order valence-electron chi connectivity index (χ3n) is 4.22. The van der Waals surface area contributed by atoms with Gasteiger partial charge in [-0.25, -0.2) is 4.98 Å². The summed E-state index contributed by atoms with van der Waals surface area (Å²) in [6, 6.07) is 9.13. The molecule has 3 unspecified atom stereocenters. The van der Waals surface area contributed by atoms with E-state index in [-0.39, 0.29) is 0 Å². The molecule has 0 spiro atoms. The lowest BCUT2D eigenvalue weighted by Crippen LogP contribution is -2.46. The molecule has 0 saturated carbocycles. The van der Waals surface area contributed by atoms with E-state index in [4.69, 9.17) is 10.7 Å². The first-order valence-electron chi connectivity index (χ1n) is 7.00. The summed E-state index contributed by atoms with van der Waals surface area (Å²) in [5.74, 6) is 0.575. The van der Waals surface area contributed by atoms with E-state index in [0.717, 1.165) is 25.0 Å². The molecule has 1 aliphatic heterocycles. The summed E-state index contributed by atoms with van der Waals surface area (Å²) in [5, 5.41) is 1.23. The number of fused-ring (bicyclic) bond motifs is 1. The van der Waals surface area contributed by atoms with Crippen molar-refractivity contribution in [3.8, 4) is 0 Å². The number of likely N-dealkylation sites (tertiary alicyclic amines) is 1. The van der Waals surface area contributed by atoms with Crippen LogP contribution in [-0.4, -0.2) is 29.0 Å². The second-order valence-corrected chi connectivity index (χ2v) is 6.68. The molecule has 3 nitrogen and oxygen atoms in total. The van der Waals surface area contributed by atoms with Crippen LogP contribution in [0.1, 0.15) is 31.3 Å². The lowest BCUT2D eigenvalue weighted by molar-refractivity contribution is 0.124. The highest BCUT2D eigenvalue weighted by Gasteiger charge is 2.28. The first-order chi connectivity index (χ1) is 9.15. The van der Waals surface area contributed by atoms with Crippen LogP contribution in [0.5, 0.6) is 0 Å². The summed E-state index contributed by atoms with van der Waals surface area (Å²) in [6.07, 6.45) is 1.09. The quantitative estimate of drug-likeness (QED) is 0.916. The van der Waals surface area contributed by atoms with Crippen LogP contribution >= 0.6 is 11.3 Å². The molecule has 3 atom stereocenters. The molecule has 2 heterocycles. The number of aromatic nitrogens is 1. The molecule has 0 amide bonds. The van der Waals surface area contributed by atoms with Crippen LogP contribution in [0.2, 0.25) is 0 Å². The number of thiazole rings is 1. The molecule has 1 aromatic heterocycles. The summed E-state index contributed by atoms with van der Waals surface area (Å²) in [6.45, 7) is 6.68. The molecule has 2 aromatic rings. The molecule has 0 radical (unpaired) electrons. The predicted octanol–water partition coefficient (Wildman–Crippen LogP) is 3.03. The number of hydrogen-bond acceptors (Lipinski definition) is 4. The van der Waals surface area contributed by atoms with Gasteiger partial charge in [-0.05, 0) is 31.4 Å². The molecule has 2 N–H and O–H groups in total. The van der Waals surface area contributed by atoms with Gasteiger partial charge in [0.15, 0.2) is 0 Å². The zero-order valence-corrected chi connectivity index (χ0v) is 12.4. The van der Waals surface area contributed by atoms with Crippen LogP contribution in [0.25, 0.3) is 10.2 Å². The maximum Gasteiger partial charge on any atom is 0.111 e. The average Bonchev–Trinajstić information content (AvgIpc) is 2.85. The first-order valence-corrected chi connectivity index (χ1v) is 7.82. The van der Waals surface area contributed by atoms with Gasteiger partial charge in [0.2, 0.25) is 0 Å². The second kappa shape index (κ2) is 5.19. The van der Waals surface area contributed by atoms with Gasteiger partial charge in [-0.15, -0.1) is 11.3 Å². The molecule has 1 fully saturated rings. The molecule has 1 saturated heterocycles. The minimum absolute atomic E-state index is 0.360. The largest absolute Gasteiger partial charge is 0.327 e. The van der Waals surface area contributed by atoms with Gasteiger partial charge in [0, 0.05) is 19.1 Å². The van der Waals surface area contributed by atoms with Gasteiger partial charge in [-0.3, -0.25) is 4.90 Å². The average molecular weight is 275 g/mol. The fourth-order valence-corrected chi connectivity index (χ4v) is 3.83.